The first-order chi connectivity index (χ1) is 5.43. The summed E-state index contributed by atoms with van der Waals surface area (Å²) in [5.74, 6) is 0. The van der Waals surface area contributed by atoms with Crippen molar-refractivity contribution in [1.82, 2.24) is 5.32 Å². The summed E-state index contributed by atoms with van der Waals surface area (Å²) < 4.78 is 0. The lowest BCUT2D eigenvalue weighted by molar-refractivity contribution is 0.762. The maximum Gasteiger partial charge on any atom is 0.0208 e. The van der Waals surface area contributed by atoms with Crippen LogP contribution in [-0.2, 0) is 0 Å². The first kappa shape index (κ1) is 8.28. The van der Waals surface area contributed by atoms with Gasteiger partial charge < -0.3 is 0 Å². The predicted octanol–water partition coefficient (Wildman–Crippen LogP) is 1.86. The molecule has 0 atom stereocenters. The van der Waals surface area contributed by atoms with Crippen molar-refractivity contribution < 1.29 is 0 Å². The fourth-order valence-corrected chi connectivity index (χ4v) is 0.888. The molecule has 0 aromatic heterocycles. The van der Waals surface area contributed by atoms with Gasteiger partial charge in [0.1, 0.15) is 0 Å². The van der Waals surface area contributed by atoms with Gasteiger partial charge in [-0.25, -0.2) is 5.32 Å². The van der Waals surface area contributed by atoms with E-state index in [4.69, 9.17) is 0 Å². The number of nitrogens with zero attached hydrogens (tertiary/aromatic N) is 1. The van der Waals surface area contributed by atoms with E-state index in [1.165, 1.54) is 5.56 Å². The van der Waals surface area contributed by atoms with Gasteiger partial charge in [0, 0.05) is 19.5 Å². The van der Waals surface area contributed by atoms with Gasteiger partial charge in [0.05, 0.1) is 0 Å². The summed E-state index contributed by atoms with van der Waals surface area (Å²) in [4.78, 5) is 0. The Bertz CT molecular complexity index is 181. The van der Waals surface area contributed by atoms with E-state index in [2.05, 4.69) is 30.8 Å². The van der Waals surface area contributed by atoms with Crippen molar-refractivity contribution >= 4 is 0 Å². The van der Waals surface area contributed by atoms with E-state index >= 15 is 0 Å². The van der Waals surface area contributed by atoms with Crippen LogP contribution in [0, 0.1) is 6.42 Å². The van der Waals surface area contributed by atoms with Crippen LogP contribution < -0.4 is 5.32 Å². The average molecular weight is 147 g/mol. The third-order valence-electron chi connectivity index (χ3n) is 1.48. The van der Waals surface area contributed by atoms with Crippen LogP contribution in [0.25, 0.3) is 0 Å². The monoisotopic (exact) mass is 147 g/mol. The van der Waals surface area contributed by atoms with E-state index in [9.17, 15) is 0 Å². The molecule has 1 aromatic rings. The Kier molecular flexibility index (Phi) is 3.70. The van der Waals surface area contributed by atoms with Gasteiger partial charge in [0.15, 0.2) is 0 Å². The van der Waals surface area contributed by atoms with Crippen LogP contribution in [-0.4, -0.2) is 13.1 Å². The van der Waals surface area contributed by atoms with E-state index in [0.717, 1.165) is 13.1 Å². The van der Waals surface area contributed by atoms with Gasteiger partial charge in [-0.15, -0.1) is 0 Å². The van der Waals surface area contributed by atoms with Crippen LogP contribution >= 0.6 is 0 Å². The molecule has 0 unspecified atom stereocenters. The third-order valence-corrected chi connectivity index (χ3v) is 1.48. The first-order valence-corrected chi connectivity index (χ1v) is 3.95. The highest BCUT2D eigenvalue weighted by molar-refractivity contribution is 5.22. The smallest absolute Gasteiger partial charge is 0.0208 e. The molecule has 2 radical (unpaired) electrons. The van der Waals surface area contributed by atoms with Crippen LogP contribution in [0.2, 0.25) is 0 Å². The highest BCUT2D eigenvalue weighted by Crippen LogP contribution is 1.99. The maximum absolute atomic E-state index is 4.21. The molecular weight excluding hydrogens is 134 g/mol. The lowest BCUT2D eigenvalue weighted by Gasteiger charge is -1.98. The molecule has 1 aromatic carbocycles. The van der Waals surface area contributed by atoms with E-state index in [0.29, 0.717) is 0 Å². The Morgan fingerprint density at radius 3 is 2.64 bits per heavy atom. The van der Waals surface area contributed by atoms with Crippen LogP contribution in [0.5, 0.6) is 0 Å². The van der Waals surface area contributed by atoms with Crippen LogP contribution in [0.1, 0.15) is 12.5 Å². The molecule has 0 bridgehead atoms. The second-order valence-corrected chi connectivity index (χ2v) is 2.34. The van der Waals surface area contributed by atoms with Gasteiger partial charge in [0.2, 0.25) is 0 Å². The minimum Gasteiger partial charge on any atom is -0.241 e. The molecule has 0 saturated carbocycles. The summed E-state index contributed by atoms with van der Waals surface area (Å²) in [6.45, 7) is 3.79. The van der Waals surface area contributed by atoms with Crippen LogP contribution in [0.15, 0.2) is 30.3 Å². The number of likely N-dealkylation sites (N-methyl/N-ethyl adjacent to an activating group) is 1. The summed E-state index contributed by atoms with van der Waals surface area (Å²) in [6, 6.07) is 10.3. The van der Waals surface area contributed by atoms with E-state index in [1.54, 1.807) is 0 Å². The molecule has 1 heteroatoms. The van der Waals surface area contributed by atoms with Gasteiger partial charge in [-0.05, 0) is 5.56 Å². The summed E-state index contributed by atoms with van der Waals surface area (Å²) in [5, 5.41) is 4.21. The Morgan fingerprint density at radius 1 is 1.27 bits per heavy atom. The SMILES string of the molecule is CC[N]C[CH]c1ccccc1. The van der Waals surface area contributed by atoms with Gasteiger partial charge in [0.25, 0.3) is 0 Å². The molecule has 11 heavy (non-hydrogen) atoms. The molecular formula is C10H13N. The number of rotatable bonds is 4. The van der Waals surface area contributed by atoms with Crippen molar-refractivity contribution in [3.8, 4) is 0 Å². The van der Waals surface area contributed by atoms with Crippen molar-refractivity contribution in [3.05, 3.63) is 42.3 Å². The summed E-state index contributed by atoms with van der Waals surface area (Å²) in [6.07, 6.45) is 2.13. The first-order valence-electron chi connectivity index (χ1n) is 3.95. The minimum atomic E-state index is 0.834. The Morgan fingerprint density at radius 2 is 2.00 bits per heavy atom. The molecule has 0 fully saturated rings. The lowest BCUT2D eigenvalue weighted by Crippen LogP contribution is -2.06. The van der Waals surface area contributed by atoms with Crippen molar-refractivity contribution in [1.29, 1.82) is 0 Å². The molecule has 0 aliphatic carbocycles. The zero-order valence-electron chi connectivity index (χ0n) is 6.83. The number of hydrogen-bond acceptors (Lipinski definition) is 0. The Hall–Kier alpha value is -0.820. The maximum atomic E-state index is 4.21. The van der Waals surface area contributed by atoms with Gasteiger partial charge in [-0.3, -0.25) is 0 Å². The number of benzene rings is 1. The Labute approximate surface area is 68.4 Å². The van der Waals surface area contributed by atoms with E-state index < -0.39 is 0 Å². The molecule has 1 nitrogen and oxygen atoms in total. The van der Waals surface area contributed by atoms with Gasteiger partial charge in [-0.2, -0.15) is 0 Å². The summed E-state index contributed by atoms with van der Waals surface area (Å²) in [7, 11) is 0. The second kappa shape index (κ2) is 4.91. The molecule has 0 saturated heterocycles. The second-order valence-electron chi connectivity index (χ2n) is 2.34. The summed E-state index contributed by atoms with van der Waals surface area (Å²) in [5.41, 5.74) is 1.25. The highest BCUT2D eigenvalue weighted by Gasteiger charge is 1.89. The highest BCUT2D eigenvalue weighted by atomic mass is 14.8. The topological polar surface area (TPSA) is 14.1 Å². The number of hydrogen-bond donors (Lipinski definition) is 0. The van der Waals surface area contributed by atoms with E-state index in [1.807, 2.05) is 18.2 Å². The summed E-state index contributed by atoms with van der Waals surface area (Å²) >= 11 is 0. The largest absolute Gasteiger partial charge is 0.241 e. The van der Waals surface area contributed by atoms with Gasteiger partial charge in [-0.1, -0.05) is 37.3 Å². The standard InChI is InChI=1S/C10H13N/c1-2-11-9-8-10-6-4-3-5-7-10/h3-8H,2,9H2,1H3. The zero-order chi connectivity index (χ0) is 7.94. The van der Waals surface area contributed by atoms with Gasteiger partial charge >= 0.3 is 0 Å². The molecule has 58 valence electrons. The van der Waals surface area contributed by atoms with Crippen molar-refractivity contribution in [3.63, 3.8) is 0 Å². The van der Waals surface area contributed by atoms with Crippen molar-refractivity contribution in [2.24, 2.45) is 0 Å². The van der Waals surface area contributed by atoms with E-state index in [-0.39, 0.29) is 0 Å². The molecule has 0 heterocycles. The molecule has 1 rings (SSSR count). The third kappa shape index (κ3) is 3.19. The molecule has 0 spiro atoms. The molecule has 0 aliphatic rings. The molecule has 0 N–H and O–H groups in total. The normalized spacial score (nSPS) is 9.91. The minimum absolute atomic E-state index is 0.834. The molecule has 0 amide bonds. The van der Waals surface area contributed by atoms with Crippen LogP contribution in [0.4, 0.5) is 0 Å². The Balaban J connectivity index is 2.28. The predicted molar refractivity (Wildman–Crippen MR) is 47.4 cm³/mol. The van der Waals surface area contributed by atoms with Crippen molar-refractivity contribution in [2.45, 2.75) is 6.92 Å². The average Bonchev–Trinajstić information content (AvgIpc) is 2.07. The molecule has 0 aliphatic heterocycles. The quantitative estimate of drug-likeness (QED) is 0.577. The van der Waals surface area contributed by atoms with Crippen LogP contribution in [0.3, 0.4) is 0 Å². The lowest BCUT2D eigenvalue weighted by atomic mass is 10.1. The fraction of sp³-hybridized carbons (Fsp3) is 0.300. The van der Waals surface area contributed by atoms with Crippen molar-refractivity contribution in [2.75, 3.05) is 13.1 Å². The fourth-order valence-electron chi connectivity index (χ4n) is 0.888. The zero-order valence-corrected chi connectivity index (χ0v) is 6.83.